The van der Waals surface area contributed by atoms with Crippen LogP contribution in [0.25, 0.3) is 0 Å². The number of nitrogens with one attached hydrogen (secondary N) is 2. The number of halogens is 1. The smallest absolute Gasteiger partial charge is 0.192 e. The molecule has 7 heteroatoms. The number of rotatable bonds is 7. The number of hydrogen-bond acceptors (Lipinski definition) is 3. The Bertz CT molecular complexity index is 1030. The number of aliphatic imine (C=N–C) groups is 1. The van der Waals surface area contributed by atoms with Crippen molar-refractivity contribution in [1.82, 2.24) is 25.4 Å². The molecule has 0 saturated heterocycles. The SMILES string of the molecule is Cc1nnc(CN=C(NCC(C)(C)c2cccc(F)c2)NC(C)c2ccccc2)n1C. The predicted octanol–water partition coefficient (Wildman–Crippen LogP) is 4.04. The van der Waals surface area contributed by atoms with Crippen molar-refractivity contribution < 1.29 is 4.39 Å². The van der Waals surface area contributed by atoms with Crippen molar-refractivity contribution in [2.45, 2.75) is 45.7 Å². The maximum absolute atomic E-state index is 13.7. The molecule has 0 amide bonds. The molecule has 1 aromatic heterocycles. The van der Waals surface area contributed by atoms with E-state index in [1.165, 1.54) is 6.07 Å². The van der Waals surface area contributed by atoms with Gasteiger partial charge in [0.05, 0.1) is 6.04 Å². The van der Waals surface area contributed by atoms with Gasteiger partial charge in [0.1, 0.15) is 18.2 Å². The summed E-state index contributed by atoms with van der Waals surface area (Å²) in [5.41, 5.74) is 1.80. The summed E-state index contributed by atoms with van der Waals surface area (Å²) in [4.78, 5) is 4.74. The number of hydrogen-bond donors (Lipinski definition) is 2. The molecule has 0 spiro atoms. The fraction of sp³-hybridized carbons (Fsp3) is 0.375. The van der Waals surface area contributed by atoms with Gasteiger partial charge in [-0.1, -0.05) is 56.3 Å². The van der Waals surface area contributed by atoms with E-state index in [-0.39, 0.29) is 17.3 Å². The van der Waals surface area contributed by atoms with E-state index in [1.807, 2.05) is 42.8 Å². The molecular weight excluding hydrogens is 391 g/mol. The first-order valence-corrected chi connectivity index (χ1v) is 10.5. The Morgan fingerprint density at radius 3 is 2.52 bits per heavy atom. The van der Waals surface area contributed by atoms with Gasteiger partial charge in [0.15, 0.2) is 11.8 Å². The molecule has 1 unspecified atom stereocenters. The molecule has 3 aromatic rings. The van der Waals surface area contributed by atoms with Gasteiger partial charge in [-0.25, -0.2) is 9.38 Å². The van der Waals surface area contributed by atoms with Crippen molar-refractivity contribution in [3.05, 3.63) is 83.2 Å². The second-order valence-corrected chi connectivity index (χ2v) is 8.41. The molecule has 2 N–H and O–H groups in total. The molecule has 6 nitrogen and oxygen atoms in total. The highest BCUT2D eigenvalue weighted by molar-refractivity contribution is 5.80. The molecule has 1 heterocycles. The lowest BCUT2D eigenvalue weighted by Crippen LogP contribution is -2.44. The van der Waals surface area contributed by atoms with Crippen molar-refractivity contribution in [2.24, 2.45) is 12.0 Å². The minimum absolute atomic E-state index is 0.0611. The number of benzene rings is 2. The highest BCUT2D eigenvalue weighted by Crippen LogP contribution is 2.23. The Labute approximate surface area is 183 Å². The fourth-order valence-corrected chi connectivity index (χ4v) is 3.24. The predicted molar refractivity (Wildman–Crippen MR) is 122 cm³/mol. The zero-order valence-corrected chi connectivity index (χ0v) is 18.9. The summed E-state index contributed by atoms with van der Waals surface area (Å²) >= 11 is 0. The van der Waals surface area contributed by atoms with Gasteiger partial charge in [0.25, 0.3) is 0 Å². The summed E-state index contributed by atoms with van der Waals surface area (Å²) in [5, 5.41) is 15.2. The third kappa shape index (κ3) is 5.90. The molecule has 3 rings (SSSR count). The minimum atomic E-state index is -0.290. The zero-order valence-electron chi connectivity index (χ0n) is 18.9. The number of aromatic nitrogens is 3. The summed E-state index contributed by atoms with van der Waals surface area (Å²) in [6, 6.07) is 17.0. The molecule has 0 aliphatic rings. The highest BCUT2D eigenvalue weighted by atomic mass is 19.1. The van der Waals surface area contributed by atoms with E-state index in [0.717, 1.165) is 22.8 Å². The molecule has 0 bridgehead atoms. The standard InChI is InChI=1S/C24H31FN6/c1-17(19-10-7-6-8-11-19)28-23(26-15-22-30-29-18(2)31(22)5)27-16-24(3,4)20-12-9-13-21(25)14-20/h6-14,17H,15-16H2,1-5H3,(H2,26,27,28). The second kappa shape index (κ2) is 9.73. The van der Waals surface area contributed by atoms with E-state index in [0.29, 0.717) is 19.0 Å². The van der Waals surface area contributed by atoms with Crippen molar-refractivity contribution in [3.8, 4) is 0 Å². The van der Waals surface area contributed by atoms with E-state index in [4.69, 9.17) is 4.99 Å². The largest absolute Gasteiger partial charge is 0.356 e. The molecule has 0 radical (unpaired) electrons. The van der Waals surface area contributed by atoms with Crippen LogP contribution < -0.4 is 10.6 Å². The Morgan fingerprint density at radius 1 is 1.13 bits per heavy atom. The highest BCUT2D eigenvalue weighted by Gasteiger charge is 2.22. The number of guanidine groups is 1. The van der Waals surface area contributed by atoms with Crippen LogP contribution in [0.1, 0.15) is 49.6 Å². The first-order chi connectivity index (χ1) is 14.8. The quantitative estimate of drug-likeness (QED) is 0.446. The number of aryl methyl sites for hydroxylation is 1. The Morgan fingerprint density at radius 2 is 1.87 bits per heavy atom. The maximum Gasteiger partial charge on any atom is 0.192 e. The number of nitrogens with zero attached hydrogens (tertiary/aromatic N) is 4. The first-order valence-electron chi connectivity index (χ1n) is 10.5. The maximum atomic E-state index is 13.7. The normalized spacial score (nSPS) is 13.2. The third-order valence-corrected chi connectivity index (χ3v) is 5.52. The van der Waals surface area contributed by atoms with E-state index in [9.17, 15) is 4.39 Å². The minimum Gasteiger partial charge on any atom is -0.356 e. The summed E-state index contributed by atoms with van der Waals surface area (Å²) in [6.45, 7) is 9.15. The molecule has 0 aliphatic heterocycles. The third-order valence-electron chi connectivity index (χ3n) is 5.52. The average molecular weight is 423 g/mol. The molecule has 0 fully saturated rings. The van der Waals surface area contributed by atoms with E-state index < -0.39 is 0 Å². The molecule has 0 aliphatic carbocycles. The van der Waals surface area contributed by atoms with Crippen LogP contribution >= 0.6 is 0 Å². The van der Waals surface area contributed by atoms with E-state index >= 15 is 0 Å². The van der Waals surface area contributed by atoms with Crippen molar-refractivity contribution in [1.29, 1.82) is 0 Å². The Kier molecular flexibility index (Phi) is 7.05. The lowest BCUT2D eigenvalue weighted by atomic mass is 9.84. The lowest BCUT2D eigenvalue weighted by molar-refractivity contribution is 0.500. The summed E-state index contributed by atoms with van der Waals surface area (Å²) in [5.74, 6) is 2.07. The van der Waals surface area contributed by atoms with Gasteiger partial charge in [-0.15, -0.1) is 10.2 Å². The summed E-state index contributed by atoms with van der Waals surface area (Å²) < 4.78 is 15.7. The summed E-state index contributed by atoms with van der Waals surface area (Å²) in [6.07, 6.45) is 0. The van der Waals surface area contributed by atoms with Gasteiger partial charge >= 0.3 is 0 Å². The monoisotopic (exact) mass is 422 g/mol. The average Bonchev–Trinajstić information content (AvgIpc) is 3.08. The van der Waals surface area contributed by atoms with Gasteiger partial charge in [-0.2, -0.15) is 0 Å². The van der Waals surface area contributed by atoms with Gasteiger partial charge in [-0.3, -0.25) is 0 Å². The second-order valence-electron chi connectivity index (χ2n) is 8.41. The Hall–Kier alpha value is -3.22. The molecule has 0 saturated carbocycles. The topological polar surface area (TPSA) is 67.1 Å². The van der Waals surface area contributed by atoms with E-state index in [2.05, 4.69) is 53.7 Å². The van der Waals surface area contributed by atoms with Crippen LogP contribution in [0.2, 0.25) is 0 Å². The van der Waals surface area contributed by atoms with Crippen molar-refractivity contribution in [3.63, 3.8) is 0 Å². The van der Waals surface area contributed by atoms with Crippen LogP contribution in [0.5, 0.6) is 0 Å². The van der Waals surface area contributed by atoms with Crippen molar-refractivity contribution >= 4 is 5.96 Å². The van der Waals surface area contributed by atoms with Crippen LogP contribution in [-0.4, -0.2) is 27.3 Å². The van der Waals surface area contributed by atoms with Gasteiger partial charge < -0.3 is 15.2 Å². The van der Waals surface area contributed by atoms with Gasteiger partial charge in [0, 0.05) is 19.0 Å². The molecule has 164 valence electrons. The van der Waals surface area contributed by atoms with Gasteiger partial charge in [-0.05, 0) is 37.1 Å². The van der Waals surface area contributed by atoms with Crippen LogP contribution in [0.4, 0.5) is 4.39 Å². The van der Waals surface area contributed by atoms with Crippen LogP contribution in [0.15, 0.2) is 59.6 Å². The van der Waals surface area contributed by atoms with Crippen LogP contribution in [-0.2, 0) is 19.0 Å². The first kappa shape index (κ1) is 22.5. The van der Waals surface area contributed by atoms with E-state index in [1.54, 1.807) is 12.1 Å². The van der Waals surface area contributed by atoms with Crippen molar-refractivity contribution in [2.75, 3.05) is 6.54 Å². The summed E-state index contributed by atoms with van der Waals surface area (Å²) in [7, 11) is 1.93. The van der Waals surface area contributed by atoms with Crippen LogP contribution in [0, 0.1) is 12.7 Å². The Balaban J connectivity index is 1.77. The van der Waals surface area contributed by atoms with Crippen LogP contribution in [0.3, 0.4) is 0 Å². The molecule has 2 aromatic carbocycles. The lowest BCUT2D eigenvalue weighted by Gasteiger charge is -2.28. The molecular formula is C24H31FN6. The molecule has 31 heavy (non-hydrogen) atoms. The van der Waals surface area contributed by atoms with Gasteiger partial charge in [0.2, 0.25) is 0 Å². The zero-order chi connectivity index (χ0) is 22.4. The fourth-order valence-electron chi connectivity index (χ4n) is 3.24. The molecule has 1 atom stereocenters.